The topological polar surface area (TPSA) is 102 Å². The summed E-state index contributed by atoms with van der Waals surface area (Å²) in [6.45, 7) is 6.02. The van der Waals surface area contributed by atoms with E-state index in [-0.39, 0.29) is 11.9 Å². The Morgan fingerprint density at radius 3 is 2.61 bits per heavy atom. The maximum Gasteiger partial charge on any atom is 0.316 e. The molecule has 4 rings (SSSR count). The van der Waals surface area contributed by atoms with E-state index < -0.39 is 0 Å². The van der Waals surface area contributed by atoms with Crippen LogP contribution in [0.5, 0.6) is 11.8 Å². The number of methoxy groups -OCH3 is 2. The number of rotatable bonds is 5. The summed E-state index contributed by atoms with van der Waals surface area (Å²) < 4.78 is 10.5. The summed E-state index contributed by atoms with van der Waals surface area (Å²) in [7, 11) is 3.05. The molecule has 3 aromatic rings. The van der Waals surface area contributed by atoms with Crippen molar-refractivity contribution in [2.75, 3.05) is 37.5 Å². The largest absolute Gasteiger partial charge is 0.494 e. The molecule has 2 N–H and O–H groups in total. The first-order valence-electron chi connectivity index (χ1n) is 10.1. The predicted octanol–water partition coefficient (Wildman–Crippen LogP) is 2.48. The van der Waals surface area contributed by atoms with Gasteiger partial charge in [-0.1, -0.05) is 0 Å². The SMILES string of the molecule is COc1ncc2c(N3C[C@@H](C)N[C@H](C)C3)ccc(C(=O)Nc3cnccc3OC)c2n1. The molecule has 0 bridgehead atoms. The fraction of sp³-hybridized carbons (Fsp3) is 0.364. The Hall–Kier alpha value is -3.46. The van der Waals surface area contributed by atoms with Crippen molar-refractivity contribution >= 4 is 28.2 Å². The Bertz CT molecular complexity index is 1100. The highest BCUT2D eigenvalue weighted by Crippen LogP contribution is 2.31. The number of hydrogen-bond acceptors (Lipinski definition) is 8. The molecule has 9 nitrogen and oxygen atoms in total. The maximum absolute atomic E-state index is 13.2. The number of aromatic nitrogens is 3. The third kappa shape index (κ3) is 4.22. The molecule has 9 heteroatoms. The van der Waals surface area contributed by atoms with Crippen LogP contribution in [0.2, 0.25) is 0 Å². The average molecular weight is 422 g/mol. The molecule has 0 radical (unpaired) electrons. The predicted molar refractivity (Wildman–Crippen MR) is 119 cm³/mol. The van der Waals surface area contributed by atoms with Gasteiger partial charge in [0.15, 0.2) is 0 Å². The van der Waals surface area contributed by atoms with Gasteiger partial charge in [0, 0.05) is 54.7 Å². The van der Waals surface area contributed by atoms with E-state index in [0.717, 1.165) is 24.2 Å². The fourth-order valence-electron chi connectivity index (χ4n) is 4.01. The molecule has 0 aliphatic carbocycles. The summed E-state index contributed by atoms with van der Waals surface area (Å²) in [4.78, 5) is 28.3. The standard InChI is InChI=1S/C22H26N6O3/c1-13-11-28(12-14(2)25-13)18-6-5-15(20-16(18)9-24-22(27-20)31-4)21(29)26-17-10-23-8-7-19(17)30-3/h5-10,13-14,25H,11-12H2,1-4H3,(H,26,29)/t13-,14-/m1/s1. The second-order valence-corrected chi connectivity index (χ2v) is 7.66. The van der Waals surface area contributed by atoms with E-state index >= 15 is 0 Å². The first-order chi connectivity index (χ1) is 15.0. The highest BCUT2D eigenvalue weighted by atomic mass is 16.5. The average Bonchev–Trinajstić information content (AvgIpc) is 2.77. The Morgan fingerprint density at radius 2 is 1.90 bits per heavy atom. The third-order valence-corrected chi connectivity index (χ3v) is 5.28. The van der Waals surface area contributed by atoms with E-state index in [2.05, 4.69) is 44.3 Å². The molecule has 1 amide bonds. The van der Waals surface area contributed by atoms with Gasteiger partial charge in [-0.05, 0) is 26.0 Å². The van der Waals surface area contributed by atoms with E-state index in [1.54, 1.807) is 37.8 Å². The van der Waals surface area contributed by atoms with Crippen molar-refractivity contribution in [2.24, 2.45) is 0 Å². The fourth-order valence-corrected chi connectivity index (χ4v) is 4.01. The summed E-state index contributed by atoms with van der Waals surface area (Å²) in [6.07, 6.45) is 4.87. The molecular weight excluding hydrogens is 396 g/mol. The van der Waals surface area contributed by atoms with Gasteiger partial charge in [0.1, 0.15) is 11.4 Å². The van der Waals surface area contributed by atoms with Crippen LogP contribution < -0.4 is 25.0 Å². The number of carbonyl (C=O) groups is 1. The number of anilines is 2. The van der Waals surface area contributed by atoms with Crippen LogP contribution in [-0.4, -0.2) is 60.3 Å². The monoisotopic (exact) mass is 422 g/mol. The van der Waals surface area contributed by atoms with Gasteiger partial charge in [0.05, 0.1) is 31.5 Å². The minimum atomic E-state index is -0.314. The minimum absolute atomic E-state index is 0.208. The van der Waals surface area contributed by atoms with Crippen LogP contribution in [-0.2, 0) is 0 Å². The molecule has 0 spiro atoms. The Labute approximate surface area is 180 Å². The third-order valence-electron chi connectivity index (χ3n) is 5.28. The Morgan fingerprint density at radius 1 is 1.13 bits per heavy atom. The summed E-state index contributed by atoms with van der Waals surface area (Å²) in [5.74, 6) is 0.214. The zero-order valence-electron chi connectivity index (χ0n) is 18.0. The van der Waals surface area contributed by atoms with Crippen LogP contribution in [0.15, 0.2) is 36.8 Å². The van der Waals surface area contributed by atoms with E-state index in [9.17, 15) is 4.79 Å². The molecule has 162 valence electrons. The number of benzene rings is 1. The number of piperazine rings is 1. The molecule has 1 aliphatic rings. The molecule has 1 aromatic carbocycles. The molecule has 1 saturated heterocycles. The smallest absolute Gasteiger partial charge is 0.316 e. The van der Waals surface area contributed by atoms with Crippen LogP contribution in [0.3, 0.4) is 0 Å². The quantitative estimate of drug-likeness (QED) is 0.647. The van der Waals surface area contributed by atoms with Crippen LogP contribution >= 0.6 is 0 Å². The maximum atomic E-state index is 13.2. The number of ether oxygens (including phenoxy) is 2. The highest BCUT2D eigenvalue weighted by molar-refractivity contribution is 6.14. The molecule has 1 fully saturated rings. The van der Waals surface area contributed by atoms with Crippen molar-refractivity contribution < 1.29 is 14.3 Å². The molecule has 2 aromatic heterocycles. The summed E-state index contributed by atoms with van der Waals surface area (Å²) >= 11 is 0. The summed E-state index contributed by atoms with van der Waals surface area (Å²) in [5.41, 5.74) is 2.43. The number of nitrogens with one attached hydrogen (secondary N) is 2. The van der Waals surface area contributed by atoms with Crippen LogP contribution in [0, 0.1) is 0 Å². The van der Waals surface area contributed by atoms with Gasteiger partial charge >= 0.3 is 6.01 Å². The number of fused-ring (bicyclic) bond motifs is 1. The lowest BCUT2D eigenvalue weighted by molar-refractivity contribution is 0.102. The van der Waals surface area contributed by atoms with Crippen molar-refractivity contribution in [2.45, 2.75) is 25.9 Å². The van der Waals surface area contributed by atoms with Gasteiger partial charge in [-0.2, -0.15) is 4.98 Å². The second-order valence-electron chi connectivity index (χ2n) is 7.66. The summed E-state index contributed by atoms with van der Waals surface area (Å²) in [5, 5.41) is 7.21. The number of carbonyl (C=O) groups excluding carboxylic acids is 1. The Balaban J connectivity index is 1.76. The number of amides is 1. The van der Waals surface area contributed by atoms with Gasteiger partial charge in [0.25, 0.3) is 5.91 Å². The van der Waals surface area contributed by atoms with Crippen molar-refractivity contribution in [1.82, 2.24) is 20.3 Å². The molecule has 3 heterocycles. The Kier molecular flexibility index (Phi) is 5.85. The molecular formula is C22H26N6O3. The van der Waals surface area contributed by atoms with Crippen LogP contribution in [0.1, 0.15) is 24.2 Å². The first kappa shape index (κ1) is 20.8. The van der Waals surface area contributed by atoms with Crippen molar-refractivity contribution in [1.29, 1.82) is 0 Å². The number of nitrogens with zero attached hydrogens (tertiary/aromatic N) is 4. The normalized spacial score (nSPS) is 18.6. The molecule has 0 unspecified atom stereocenters. The van der Waals surface area contributed by atoms with Gasteiger partial charge < -0.3 is 25.0 Å². The summed E-state index contributed by atoms with van der Waals surface area (Å²) in [6, 6.07) is 6.34. The number of hydrogen-bond donors (Lipinski definition) is 2. The molecule has 31 heavy (non-hydrogen) atoms. The lowest BCUT2D eigenvalue weighted by Crippen LogP contribution is -2.54. The van der Waals surface area contributed by atoms with E-state index in [1.165, 1.54) is 7.11 Å². The second kappa shape index (κ2) is 8.73. The first-order valence-corrected chi connectivity index (χ1v) is 10.1. The minimum Gasteiger partial charge on any atom is -0.494 e. The zero-order chi connectivity index (χ0) is 22.0. The van der Waals surface area contributed by atoms with Gasteiger partial charge in [0.2, 0.25) is 0 Å². The van der Waals surface area contributed by atoms with Crippen molar-refractivity contribution in [3.8, 4) is 11.8 Å². The van der Waals surface area contributed by atoms with Gasteiger partial charge in [-0.3, -0.25) is 9.78 Å². The molecule has 1 aliphatic heterocycles. The van der Waals surface area contributed by atoms with Crippen molar-refractivity contribution in [3.63, 3.8) is 0 Å². The number of pyridine rings is 1. The molecule has 2 atom stereocenters. The zero-order valence-corrected chi connectivity index (χ0v) is 18.0. The van der Waals surface area contributed by atoms with E-state index in [4.69, 9.17) is 9.47 Å². The molecule has 0 saturated carbocycles. The van der Waals surface area contributed by atoms with E-state index in [0.29, 0.717) is 34.6 Å². The van der Waals surface area contributed by atoms with Gasteiger partial charge in [-0.25, -0.2) is 4.98 Å². The van der Waals surface area contributed by atoms with E-state index in [1.807, 2.05) is 6.07 Å². The lowest BCUT2D eigenvalue weighted by Gasteiger charge is -2.38. The van der Waals surface area contributed by atoms with Crippen LogP contribution in [0.4, 0.5) is 11.4 Å². The highest BCUT2D eigenvalue weighted by Gasteiger charge is 2.25. The van der Waals surface area contributed by atoms with Gasteiger partial charge in [-0.15, -0.1) is 0 Å². The van der Waals surface area contributed by atoms with Crippen LogP contribution in [0.25, 0.3) is 10.9 Å². The lowest BCUT2D eigenvalue weighted by atomic mass is 10.0. The van der Waals surface area contributed by atoms with Crippen molar-refractivity contribution in [3.05, 3.63) is 42.4 Å².